The molecule has 0 aliphatic rings. The molecule has 1 aromatic heterocycles. The van der Waals surface area contributed by atoms with Crippen molar-refractivity contribution in [2.75, 3.05) is 0 Å². The topological polar surface area (TPSA) is 20.2 Å². The van der Waals surface area contributed by atoms with Crippen LogP contribution in [0.2, 0.25) is 0 Å². The third-order valence-corrected chi connectivity index (χ3v) is 3.83. The Balaban J connectivity index is 2.80. The first-order valence-electron chi connectivity index (χ1n) is 3.70. The van der Waals surface area contributed by atoms with E-state index in [1.807, 2.05) is 13.0 Å². The van der Waals surface area contributed by atoms with Gasteiger partial charge in [-0.15, -0.1) is 17.9 Å². The molecule has 3 heteroatoms. The number of aliphatic hydroxyl groups is 1. The van der Waals surface area contributed by atoms with Crippen LogP contribution in [0.5, 0.6) is 0 Å². The van der Waals surface area contributed by atoms with Crippen LogP contribution in [0.4, 0.5) is 0 Å². The van der Waals surface area contributed by atoms with E-state index in [9.17, 15) is 5.11 Å². The molecule has 0 saturated carbocycles. The van der Waals surface area contributed by atoms with E-state index in [1.54, 1.807) is 17.4 Å². The van der Waals surface area contributed by atoms with Crippen LogP contribution in [0.25, 0.3) is 0 Å². The molecule has 1 rings (SSSR count). The summed E-state index contributed by atoms with van der Waals surface area (Å²) in [4.78, 5) is 2.20. The van der Waals surface area contributed by atoms with Crippen molar-refractivity contribution in [3.05, 3.63) is 32.9 Å². The van der Waals surface area contributed by atoms with Crippen LogP contribution in [-0.4, -0.2) is 5.11 Å². The molecule has 1 N–H and O–H groups in total. The summed E-state index contributed by atoms with van der Waals surface area (Å²) in [5, 5.41) is 9.58. The van der Waals surface area contributed by atoms with Gasteiger partial charge in [-0.25, -0.2) is 0 Å². The number of thiophene rings is 1. The molecule has 0 radical (unpaired) electrons. The van der Waals surface area contributed by atoms with Gasteiger partial charge in [0.1, 0.15) is 0 Å². The van der Waals surface area contributed by atoms with Crippen molar-refractivity contribution in [2.45, 2.75) is 19.4 Å². The maximum atomic E-state index is 9.58. The van der Waals surface area contributed by atoms with Gasteiger partial charge in [0.25, 0.3) is 0 Å². The second-order valence-corrected chi connectivity index (χ2v) is 4.74. The Labute approximate surface area is 84.9 Å². The molecule has 1 nitrogen and oxygen atoms in total. The molecule has 1 heterocycles. The molecular formula is C9H11BrOS. The van der Waals surface area contributed by atoms with Crippen molar-refractivity contribution in [2.24, 2.45) is 0 Å². The molecule has 0 spiro atoms. The zero-order valence-corrected chi connectivity index (χ0v) is 9.28. The number of aliphatic hydroxyl groups excluding tert-OH is 1. The van der Waals surface area contributed by atoms with E-state index in [1.165, 1.54) is 4.88 Å². The van der Waals surface area contributed by atoms with E-state index >= 15 is 0 Å². The van der Waals surface area contributed by atoms with Crippen LogP contribution < -0.4 is 0 Å². The van der Waals surface area contributed by atoms with Gasteiger partial charge in [-0.3, -0.25) is 0 Å². The molecule has 1 unspecified atom stereocenters. The Morgan fingerprint density at radius 1 is 1.83 bits per heavy atom. The molecule has 0 amide bonds. The lowest BCUT2D eigenvalue weighted by atomic mass is 10.2. The van der Waals surface area contributed by atoms with Gasteiger partial charge in [0.05, 0.1) is 6.10 Å². The third kappa shape index (κ3) is 2.19. The van der Waals surface area contributed by atoms with Crippen molar-refractivity contribution < 1.29 is 5.11 Å². The van der Waals surface area contributed by atoms with Gasteiger partial charge in [-0.1, -0.05) is 6.08 Å². The number of hydrogen-bond donors (Lipinski definition) is 1. The van der Waals surface area contributed by atoms with Crippen molar-refractivity contribution >= 4 is 27.3 Å². The van der Waals surface area contributed by atoms with Crippen molar-refractivity contribution in [1.29, 1.82) is 0 Å². The summed E-state index contributed by atoms with van der Waals surface area (Å²) in [6, 6.07) is 1.97. The van der Waals surface area contributed by atoms with Gasteiger partial charge in [0, 0.05) is 14.2 Å². The van der Waals surface area contributed by atoms with Gasteiger partial charge in [-0.2, -0.15) is 0 Å². The fourth-order valence-corrected chi connectivity index (χ4v) is 2.48. The Kier molecular flexibility index (Phi) is 3.50. The highest BCUT2D eigenvalue weighted by atomic mass is 79.9. The monoisotopic (exact) mass is 246 g/mol. The molecule has 0 aliphatic heterocycles. The molecule has 12 heavy (non-hydrogen) atoms. The number of halogens is 1. The highest BCUT2D eigenvalue weighted by Crippen LogP contribution is 2.31. The largest absolute Gasteiger partial charge is 0.387 e. The van der Waals surface area contributed by atoms with Crippen molar-refractivity contribution in [1.82, 2.24) is 0 Å². The number of hydrogen-bond acceptors (Lipinski definition) is 2. The Hall–Kier alpha value is -0.120. The quantitative estimate of drug-likeness (QED) is 0.811. The summed E-state index contributed by atoms with van der Waals surface area (Å²) < 4.78 is 1.07. The van der Waals surface area contributed by atoms with E-state index in [4.69, 9.17) is 0 Å². The zero-order valence-electron chi connectivity index (χ0n) is 6.88. The molecule has 0 bridgehead atoms. The Morgan fingerprint density at radius 2 is 2.50 bits per heavy atom. The predicted octanol–water partition coefficient (Wildman–Crippen LogP) is 3.43. The SMILES string of the molecule is C=CCC(O)c1cc(Br)c(C)s1. The summed E-state index contributed by atoms with van der Waals surface area (Å²) in [5.74, 6) is 0. The summed E-state index contributed by atoms with van der Waals surface area (Å²) in [6.45, 7) is 5.61. The zero-order chi connectivity index (χ0) is 9.14. The summed E-state index contributed by atoms with van der Waals surface area (Å²) in [5.41, 5.74) is 0. The minimum atomic E-state index is -0.391. The maximum Gasteiger partial charge on any atom is 0.0916 e. The van der Waals surface area contributed by atoms with E-state index in [0.29, 0.717) is 6.42 Å². The van der Waals surface area contributed by atoms with Gasteiger partial charge < -0.3 is 5.11 Å². The molecular weight excluding hydrogens is 236 g/mol. The van der Waals surface area contributed by atoms with Gasteiger partial charge in [0.15, 0.2) is 0 Å². The highest BCUT2D eigenvalue weighted by Gasteiger charge is 2.10. The smallest absolute Gasteiger partial charge is 0.0916 e. The second kappa shape index (κ2) is 4.21. The number of aryl methyl sites for hydroxylation is 1. The van der Waals surface area contributed by atoms with Crippen LogP contribution in [-0.2, 0) is 0 Å². The predicted molar refractivity (Wildman–Crippen MR) is 56.5 cm³/mol. The van der Waals surface area contributed by atoms with Crippen LogP contribution in [0.3, 0.4) is 0 Å². The molecule has 0 saturated heterocycles. The highest BCUT2D eigenvalue weighted by molar-refractivity contribution is 9.10. The first kappa shape index (κ1) is 9.96. The van der Waals surface area contributed by atoms with Crippen LogP contribution in [0.15, 0.2) is 23.2 Å². The van der Waals surface area contributed by atoms with E-state index in [0.717, 1.165) is 9.35 Å². The average Bonchev–Trinajstić information content (AvgIpc) is 2.33. The fraction of sp³-hybridized carbons (Fsp3) is 0.333. The molecule has 0 aliphatic carbocycles. The summed E-state index contributed by atoms with van der Waals surface area (Å²) in [7, 11) is 0. The lowest BCUT2D eigenvalue weighted by molar-refractivity contribution is 0.185. The fourth-order valence-electron chi connectivity index (χ4n) is 0.920. The minimum absolute atomic E-state index is 0.391. The van der Waals surface area contributed by atoms with Crippen LogP contribution in [0.1, 0.15) is 22.3 Å². The van der Waals surface area contributed by atoms with E-state index in [-0.39, 0.29) is 0 Å². The van der Waals surface area contributed by atoms with Crippen LogP contribution in [0, 0.1) is 6.92 Å². The third-order valence-electron chi connectivity index (χ3n) is 1.59. The Bertz CT molecular complexity index is 261. The molecule has 0 fully saturated rings. The van der Waals surface area contributed by atoms with Crippen LogP contribution >= 0.6 is 27.3 Å². The first-order valence-corrected chi connectivity index (χ1v) is 5.31. The maximum absolute atomic E-state index is 9.58. The summed E-state index contributed by atoms with van der Waals surface area (Å²) in [6.07, 6.45) is 1.96. The van der Waals surface area contributed by atoms with E-state index in [2.05, 4.69) is 22.5 Å². The normalized spacial score (nSPS) is 12.9. The standard InChI is InChI=1S/C9H11BrOS/c1-3-4-8(11)9-5-7(10)6(2)12-9/h3,5,8,11H,1,4H2,2H3. The molecule has 66 valence electrons. The average molecular weight is 247 g/mol. The lowest BCUT2D eigenvalue weighted by Gasteiger charge is -2.02. The molecule has 1 atom stereocenters. The van der Waals surface area contributed by atoms with Gasteiger partial charge >= 0.3 is 0 Å². The molecule has 0 aromatic carbocycles. The second-order valence-electron chi connectivity index (χ2n) is 2.59. The van der Waals surface area contributed by atoms with Gasteiger partial charge in [0.2, 0.25) is 0 Å². The summed E-state index contributed by atoms with van der Waals surface area (Å²) >= 11 is 5.03. The minimum Gasteiger partial charge on any atom is -0.387 e. The Morgan fingerprint density at radius 3 is 2.92 bits per heavy atom. The first-order chi connectivity index (χ1) is 5.65. The number of rotatable bonds is 3. The van der Waals surface area contributed by atoms with Crippen molar-refractivity contribution in [3.8, 4) is 0 Å². The lowest BCUT2D eigenvalue weighted by Crippen LogP contribution is -1.90. The van der Waals surface area contributed by atoms with Gasteiger partial charge in [-0.05, 0) is 35.3 Å². The van der Waals surface area contributed by atoms with E-state index < -0.39 is 6.10 Å². The molecule has 1 aromatic rings. The van der Waals surface area contributed by atoms with Crippen molar-refractivity contribution in [3.63, 3.8) is 0 Å².